The summed E-state index contributed by atoms with van der Waals surface area (Å²) in [5, 5.41) is 2.59. The molecule has 4 rings (SSSR count). The molecule has 1 aliphatic rings. The summed E-state index contributed by atoms with van der Waals surface area (Å²) in [6.07, 6.45) is 3.36. The first-order chi connectivity index (χ1) is 13.5. The van der Waals surface area contributed by atoms with Crippen LogP contribution in [0.2, 0.25) is 0 Å². The Kier molecular flexibility index (Phi) is 13.0. The van der Waals surface area contributed by atoms with Gasteiger partial charge in [0.2, 0.25) is 0 Å². The zero-order valence-electron chi connectivity index (χ0n) is 19.3. The van der Waals surface area contributed by atoms with Crippen molar-refractivity contribution >= 4 is 17.7 Å². The Morgan fingerprint density at radius 1 is 0.967 bits per heavy atom. The summed E-state index contributed by atoms with van der Waals surface area (Å²) >= 11 is 1.36. The maximum atomic E-state index is 5.17. The van der Waals surface area contributed by atoms with E-state index in [1.807, 2.05) is 12.1 Å². The Morgan fingerprint density at radius 2 is 1.57 bits per heavy atom. The van der Waals surface area contributed by atoms with Gasteiger partial charge in [0.1, 0.15) is 5.75 Å². The minimum atomic E-state index is 0. The Morgan fingerprint density at radius 3 is 2.03 bits per heavy atom. The number of ether oxygens (including phenoxy) is 1. The standard InChI is InChI=1S/C16H13O.C9H13.2CH3.Si.Zr/c1-17-14-9-6-13(7-10-14)16-11-8-12-4-2-3-5-15(12)16;1-6-5-7(2)9(4)8(6)3;;;;/h2-11H,1H3;6H,1-4H3;2*1H3;;/q4*-1;;. The molecule has 3 aromatic rings. The summed E-state index contributed by atoms with van der Waals surface area (Å²) in [4.78, 5) is 0. The molecule has 158 valence electrons. The SMILES string of the molecule is CC1=[C-]C(C)C(C)=C1C.COc1ccc(-c2c[cH-]c3ccccc23)cc1.[CH3-].[CH3-].[Si]=[Zr]. The molecule has 1 nitrogen and oxygen atoms in total. The van der Waals surface area contributed by atoms with Gasteiger partial charge in [-0.25, -0.2) is 5.57 Å². The topological polar surface area (TPSA) is 9.23 Å². The van der Waals surface area contributed by atoms with E-state index in [4.69, 9.17) is 4.74 Å². The van der Waals surface area contributed by atoms with Crippen LogP contribution < -0.4 is 4.74 Å². The first-order valence-corrected chi connectivity index (χ1v) is 13.5. The predicted molar refractivity (Wildman–Crippen MR) is 130 cm³/mol. The number of benzene rings is 2. The van der Waals surface area contributed by atoms with Crippen molar-refractivity contribution in [3.05, 3.63) is 98.3 Å². The third kappa shape index (κ3) is 6.72. The predicted octanol–water partition coefficient (Wildman–Crippen LogP) is 7.47. The Hall–Kier alpha value is -1.57. The second-order valence-corrected chi connectivity index (χ2v) is 6.86. The van der Waals surface area contributed by atoms with Gasteiger partial charge in [0.05, 0.1) is 7.11 Å². The van der Waals surface area contributed by atoms with Crippen LogP contribution in [0.5, 0.6) is 5.75 Å². The van der Waals surface area contributed by atoms with E-state index in [1.165, 1.54) is 62.0 Å². The monoisotopic (exact) mass is 490 g/mol. The van der Waals surface area contributed by atoms with Crippen molar-refractivity contribution in [1.29, 1.82) is 0 Å². The van der Waals surface area contributed by atoms with Crippen molar-refractivity contribution in [1.82, 2.24) is 0 Å². The summed E-state index contributed by atoms with van der Waals surface area (Å²) in [6, 6.07) is 21.0. The fourth-order valence-corrected chi connectivity index (χ4v) is 3.33. The molecule has 0 N–H and O–H groups in total. The summed E-state index contributed by atoms with van der Waals surface area (Å²) in [7, 11) is 1.69. The number of hydrogen-bond acceptors (Lipinski definition) is 1. The van der Waals surface area contributed by atoms with Gasteiger partial charge in [-0.3, -0.25) is 6.08 Å². The van der Waals surface area contributed by atoms with Crippen LogP contribution in [0.25, 0.3) is 21.9 Å². The number of rotatable bonds is 2. The van der Waals surface area contributed by atoms with Gasteiger partial charge in [-0.05, 0) is 12.1 Å². The third-order valence-electron chi connectivity index (χ3n) is 5.32. The Bertz CT molecular complexity index is 980. The zero-order chi connectivity index (χ0) is 20.7. The van der Waals surface area contributed by atoms with E-state index >= 15 is 0 Å². The van der Waals surface area contributed by atoms with Gasteiger partial charge in [-0.15, -0.1) is 53.6 Å². The average molecular weight is 492 g/mol. The van der Waals surface area contributed by atoms with E-state index in [0.29, 0.717) is 5.92 Å². The molecule has 3 heteroatoms. The van der Waals surface area contributed by atoms with Crippen LogP contribution in [0.15, 0.2) is 77.4 Å². The number of hydrogen-bond donors (Lipinski definition) is 0. The summed E-state index contributed by atoms with van der Waals surface area (Å²) in [5.74, 6) is 1.45. The molecule has 0 spiro atoms. The quantitative estimate of drug-likeness (QED) is 0.267. The molecule has 0 bridgehead atoms. The van der Waals surface area contributed by atoms with Gasteiger partial charge in [0.15, 0.2) is 0 Å². The Labute approximate surface area is 200 Å². The molecule has 1 unspecified atom stereocenters. The van der Waals surface area contributed by atoms with Crippen LogP contribution in [0.4, 0.5) is 0 Å². The van der Waals surface area contributed by atoms with E-state index in [-0.39, 0.29) is 14.9 Å². The second kappa shape index (κ2) is 13.7. The third-order valence-corrected chi connectivity index (χ3v) is 5.32. The second-order valence-electron chi connectivity index (χ2n) is 6.86. The molecule has 2 radical (unpaired) electrons. The Balaban J connectivity index is 0.000000558. The van der Waals surface area contributed by atoms with Crippen LogP contribution in [0, 0.1) is 26.8 Å². The first kappa shape index (κ1) is 28.4. The summed E-state index contributed by atoms with van der Waals surface area (Å²) < 4.78 is 5.17. The van der Waals surface area contributed by atoms with Crippen LogP contribution in [0.3, 0.4) is 0 Å². The van der Waals surface area contributed by atoms with Crippen LogP contribution in [0.1, 0.15) is 27.7 Å². The molecule has 1 aliphatic carbocycles. The van der Waals surface area contributed by atoms with E-state index in [0.717, 1.165) is 5.75 Å². The van der Waals surface area contributed by atoms with Crippen LogP contribution in [-0.2, 0) is 23.3 Å². The molecule has 0 aliphatic heterocycles. The van der Waals surface area contributed by atoms with Crippen molar-refractivity contribution in [2.75, 3.05) is 7.11 Å². The fourth-order valence-electron chi connectivity index (χ4n) is 3.33. The van der Waals surface area contributed by atoms with Gasteiger partial charge in [0.25, 0.3) is 0 Å². The van der Waals surface area contributed by atoms with E-state index in [1.54, 1.807) is 7.11 Å². The van der Waals surface area contributed by atoms with Gasteiger partial charge < -0.3 is 19.6 Å². The molecule has 0 amide bonds. The van der Waals surface area contributed by atoms with E-state index in [2.05, 4.69) is 89.2 Å². The maximum absolute atomic E-state index is 5.17. The van der Waals surface area contributed by atoms with Crippen molar-refractivity contribution < 1.29 is 28.1 Å². The minimum absolute atomic E-state index is 0. The first-order valence-electron chi connectivity index (χ1n) is 9.33. The van der Waals surface area contributed by atoms with Gasteiger partial charge in [-0.1, -0.05) is 50.5 Å². The fraction of sp³-hybridized carbons (Fsp3) is 0.222. The molecule has 3 aromatic carbocycles. The summed E-state index contributed by atoms with van der Waals surface area (Å²) in [5.41, 5.74) is 6.75. The van der Waals surface area contributed by atoms with E-state index in [9.17, 15) is 0 Å². The number of fused-ring (bicyclic) bond motifs is 1. The number of allylic oxidation sites excluding steroid dienone is 4. The van der Waals surface area contributed by atoms with Gasteiger partial charge in [-0.2, -0.15) is 11.1 Å². The van der Waals surface area contributed by atoms with Crippen LogP contribution >= 0.6 is 0 Å². The molecule has 0 saturated carbocycles. The average Bonchev–Trinajstić information content (AvgIpc) is 3.27. The zero-order valence-corrected chi connectivity index (χ0v) is 22.7. The molecule has 30 heavy (non-hydrogen) atoms. The molecular weight excluding hydrogens is 460 g/mol. The molecule has 0 aromatic heterocycles. The normalized spacial score (nSPS) is 14.3. The molecule has 0 heterocycles. The van der Waals surface area contributed by atoms with Crippen molar-refractivity contribution in [3.8, 4) is 16.9 Å². The summed E-state index contributed by atoms with van der Waals surface area (Å²) in [6.45, 7) is 11.7. The number of methoxy groups -OCH3 is 1. The van der Waals surface area contributed by atoms with Gasteiger partial charge in [0, 0.05) is 0 Å². The molecule has 0 saturated heterocycles. The van der Waals surface area contributed by atoms with E-state index < -0.39 is 0 Å². The molecule has 1 atom stereocenters. The van der Waals surface area contributed by atoms with Gasteiger partial charge >= 0.3 is 30.2 Å². The van der Waals surface area contributed by atoms with Crippen molar-refractivity contribution in [3.63, 3.8) is 0 Å². The van der Waals surface area contributed by atoms with Crippen molar-refractivity contribution in [2.24, 2.45) is 5.92 Å². The van der Waals surface area contributed by atoms with Crippen LogP contribution in [-0.4, -0.2) is 14.0 Å². The molecule has 0 fully saturated rings. The van der Waals surface area contributed by atoms with Crippen molar-refractivity contribution in [2.45, 2.75) is 27.7 Å². The molecular formula is C27H32OSiZr-4.